The van der Waals surface area contributed by atoms with Crippen molar-refractivity contribution in [1.29, 1.82) is 0 Å². The van der Waals surface area contributed by atoms with E-state index in [1.54, 1.807) is 135 Å². The Balaban J connectivity index is 0.913. The Morgan fingerprint density at radius 2 is 0.910 bits per heavy atom. The van der Waals surface area contributed by atoms with Crippen molar-refractivity contribution in [2.45, 2.75) is 179 Å². The van der Waals surface area contributed by atoms with E-state index in [4.69, 9.17) is 9.47 Å². The number of fused-ring (bicyclic) bond motifs is 2. The van der Waals surface area contributed by atoms with Crippen LogP contribution in [0.15, 0.2) is 146 Å². The molecule has 586 valence electrons. The number of aliphatic carboxylic acids is 2. The van der Waals surface area contributed by atoms with Crippen LogP contribution in [-0.4, -0.2) is 203 Å². The van der Waals surface area contributed by atoms with Crippen LogP contribution in [0, 0.1) is 10.8 Å². The van der Waals surface area contributed by atoms with E-state index in [0.717, 1.165) is 21.5 Å². The number of ether oxygens (including phenoxy) is 2. The van der Waals surface area contributed by atoms with Crippen LogP contribution in [0.1, 0.15) is 114 Å². The summed E-state index contributed by atoms with van der Waals surface area (Å²) >= 11 is 0. The first-order valence-corrected chi connectivity index (χ1v) is 37.3. The average molecular weight is 1520 g/mol. The van der Waals surface area contributed by atoms with Crippen LogP contribution in [0.25, 0.3) is 21.5 Å². The normalized spacial score (nSPS) is 21.7. The number of likely N-dealkylation sites (tertiary alicyclic amines) is 2. The third-order valence-electron chi connectivity index (χ3n) is 20.8. The van der Waals surface area contributed by atoms with Gasteiger partial charge in [0.15, 0.2) is 0 Å². The minimum absolute atomic E-state index is 0.0136. The molecule has 14 rings (SSSR count). The van der Waals surface area contributed by atoms with Gasteiger partial charge in [-0.25, -0.2) is 19.0 Å². The summed E-state index contributed by atoms with van der Waals surface area (Å²) in [6.45, 7) is 13.8. The van der Waals surface area contributed by atoms with E-state index in [9.17, 15) is 39.0 Å². The first-order valence-electron chi connectivity index (χ1n) is 37.3. The minimum atomic E-state index is -1.52. The van der Waals surface area contributed by atoms with Crippen molar-refractivity contribution in [1.82, 2.24) is 82.3 Å². The summed E-state index contributed by atoms with van der Waals surface area (Å²) in [4.78, 5) is 147. The van der Waals surface area contributed by atoms with Crippen molar-refractivity contribution >= 4 is 80.7 Å². The summed E-state index contributed by atoms with van der Waals surface area (Å²) in [5, 5.41) is 65.6. The van der Waals surface area contributed by atoms with E-state index in [-0.39, 0.29) is 71.2 Å². The Labute approximate surface area is 642 Å². The molecule has 2 saturated heterocycles. The highest BCUT2D eigenvalue weighted by atomic mass is 16.5. The summed E-state index contributed by atoms with van der Waals surface area (Å²) in [7, 11) is 3.23. The van der Waals surface area contributed by atoms with Gasteiger partial charge in [-0.15, -0.1) is 10.2 Å². The minimum Gasteiger partial charge on any atom is -0.493 e. The fourth-order valence-electron chi connectivity index (χ4n) is 14.0. The number of carboxylic acids is 2. The van der Waals surface area contributed by atoms with E-state index in [2.05, 4.69) is 63.2 Å². The number of carbonyl (C=O) groups is 10. The molecular formula is C81H98N16O14. The molecule has 30 heteroatoms. The maximum Gasteiger partial charge on any atom is 0.326 e. The van der Waals surface area contributed by atoms with Crippen LogP contribution in [0.5, 0.6) is 11.5 Å². The highest BCUT2D eigenvalue weighted by Gasteiger charge is 2.49. The largest absolute Gasteiger partial charge is 0.493 e. The fraction of sp³-hybridized carbons (Fsp3) is 0.432. The fourth-order valence-corrected chi connectivity index (χ4v) is 14.0. The quantitative estimate of drug-likeness (QED) is 0.0724. The zero-order valence-electron chi connectivity index (χ0n) is 63.9. The molecule has 0 radical (unpaired) electrons. The van der Waals surface area contributed by atoms with Crippen LogP contribution >= 0.6 is 0 Å². The highest BCUT2D eigenvalue weighted by Crippen LogP contribution is 2.34. The number of amides is 8. The number of rotatable bonds is 14. The third-order valence-corrected chi connectivity index (χ3v) is 20.8. The predicted molar refractivity (Wildman–Crippen MR) is 410 cm³/mol. The van der Waals surface area contributed by atoms with Crippen molar-refractivity contribution in [2.24, 2.45) is 10.8 Å². The molecule has 111 heavy (non-hydrogen) atoms. The maximum absolute atomic E-state index is 15.3. The smallest absolute Gasteiger partial charge is 0.326 e. The van der Waals surface area contributed by atoms with Gasteiger partial charge in [0.1, 0.15) is 72.1 Å². The SMILES string of the molecule is CN[C@@H](C)C(=O)N[C@H](C(=O)N1C[C@@H]2C[C@H]1C(=O)N[C@@H](Cc1ccc3ccccc3c1)C(=O)N[C@H](C(=O)O)Cc1ccc(cc1)OCc1cn(nn1)[C@H]1C[C@@H](C(=O)N[C@@H](Cc3ccc4ccccc4c3)C(=O)N[C@H](C(=O)O)Cc3ccc(cc3)OCCc3cn2nn3)N(C(=O)[C@@H](NC(=O)[C@H](C)NC)C(C)(C)C)C1)C(C)(C)C. The van der Waals surface area contributed by atoms with Gasteiger partial charge in [-0.2, -0.15) is 0 Å². The molecule has 0 aliphatic carbocycles. The molecule has 8 amide bonds. The lowest BCUT2D eigenvalue weighted by atomic mass is 9.85. The number of benzene rings is 6. The standard InChI is InChI=1S/C81H98N16O14/c1-46(82-9)70(98)88-68(80(3,4)5)76(104)94-43-58-39-66(94)74(102)84-62(37-50-19-25-52-15-11-13-17-54(52)33-50)73(101)87-65(79(108)109)36-49-23-29-61(30-24-49)111-45-57-42-97(93-91-57)59-40-67(95(44-59)77(105)69(81(6,7)8)89-71(99)47(2)83-10)75(103)85-63(38-51-20-26-53-16-12-14-18-55(53)34-51)72(100)86-64(78(106)107)35-48-21-27-60(28-22-48)110-32-31-56-41-96(58)92-90-56/h11-30,33-34,41-42,46-47,58-59,62-69,82-83H,31-32,35-40,43-45H2,1-10H3,(H,84,102)(H,85,103)(H,86,100)(H,87,101)(H,88,98)(H,89,99)(H,106,107)(H,108,109)/t46-,47-,58-,59-,62-,63-,64-,65-,66-,67-,68+,69+/m0/s1. The van der Waals surface area contributed by atoms with Gasteiger partial charge in [-0.05, 0) is 107 Å². The molecule has 12 bridgehead atoms. The van der Waals surface area contributed by atoms with Crippen LogP contribution in [0.2, 0.25) is 0 Å². The third kappa shape index (κ3) is 20.1. The molecule has 6 aliphatic heterocycles. The molecule has 12 atom stereocenters. The zero-order chi connectivity index (χ0) is 79.6. The number of hydrogen-bond donors (Lipinski definition) is 10. The van der Waals surface area contributed by atoms with Gasteiger partial charge in [-0.3, -0.25) is 38.4 Å². The van der Waals surface area contributed by atoms with Gasteiger partial charge in [0, 0.05) is 64.2 Å². The van der Waals surface area contributed by atoms with E-state index < -0.39 is 143 Å². The Morgan fingerprint density at radius 3 is 1.32 bits per heavy atom. The Bertz CT molecular complexity index is 4730. The average Bonchev–Trinajstić information content (AvgIpc) is 1.66. The lowest BCUT2D eigenvalue weighted by Crippen LogP contribution is -2.60. The number of hydrogen-bond acceptors (Lipinski definition) is 18. The van der Waals surface area contributed by atoms with Crippen molar-refractivity contribution in [2.75, 3.05) is 33.8 Å². The Kier molecular flexibility index (Phi) is 25.3. The van der Waals surface area contributed by atoms with Crippen molar-refractivity contribution in [3.05, 3.63) is 179 Å². The number of likely N-dealkylation sites (N-methyl/N-ethyl adjacent to an activating group) is 2. The summed E-state index contributed by atoms with van der Waals surface area (Å²) in [5.74, 6) is -7.08. The molecule has 2 aromatic heterocycles. The topological polar surface area (TPSA) is 394 Å². The van der Waals surface area contributed by atoms with Gasteiger partial charge >= 0.3 is 11.9 Å². The number of carbonyl (C=O) groups excluding carboxylic acids is 8. The van der Waals surface area contributed by atoms with Gasteiger partial charge in [0.25, 0.3) is 0 Å². The molecule has 8 heterocycles. The second-order valence-electron chi connectivity index (χ2n) is 31.1. The van der Waals surface area contributed by atoms with Crippen LogP contribution < -0.4 is 52.0 Å². The monoisotopic (exact) mass is 1520 g/mol. The number of carboxylic acid groups (broad SMARTS) is 2. The Hall–Kier alpha value is -11.7. The highest BCUT2D eigenvalue weighted by molar-refractivity contribution is 5.98. The summed E-state index contributed by atoms with van der Waals surface area (Å²) in [5.41, 5.74) is 1.36. The van der Waals surface area contributed by atoms with Crippen LogP contribution in [0.3, 0.4) is 0 Å². The van der Waals surface area contributed by atoms with E-state index in [1.807, 2.05) is 84.9 Å². The van der Waals surface area contributed by atoms with Gasteiger partial charge in [0.2, 0.25) is 47.3 Å². The predicted octanol–water partition coefficient (Wildman–Crippen LogP) is 4.33. The summed E-state index contributed by atoms with van der Waals surface area (Å²) in [6.07, 6.45) is 2.91. The Morgan fingerprint density at radius 1 is 0.514 bits per heavy atom. The molecule has 0 saturated carbocycles. The zero-order valence-corrected chi connectivity index (χ0v) is 63.9. The number of nitrogens with one attached hydrogen (secondary N) is 8. The molecule has 6 aliphatic rings. The van der Waals surface area contributed by atoms with Gasteiger partial charge in [-0.1, -0.05) is 161 Å². The number of aromatic nitrogens is 6. The molecule has 6 aromatic carbocycles. The number of nitrogens with zero attached hydrogens (tertiary/aromatic N) is 8. The lowest BCUT2D eigenvalue weighted by Gasteiger charge is -2.36. The summed E-state index contributed by atoms with van der Waals surface area (Å²) in [6, 6.07) is 26.2. The van der Waals surface area contributed by atoms with Gasteiger partial charge < -0.3 is 72.0 Å². The van der Waals surface area contributed by atoms with Gasteiger partial charge in [0.05, 0.1) is 42.7 Å². The van der Waals surface area contributed by atoms with E-state index in [1.165, 1.54) is 14.5 Å². The van der Waals surface area contributed by atoms with Crippen molar-refractivity contribution in [3.8, 4) is 11.5 Å². The molecule has 8 aromatic rings. The van der Waals surface area contributed by atoms with E-state index in [0.29, 0.717) is 45.1 Å². The second kappa shape index (κ2) is 34.9. The molecule has 0 unspecified atom stereocenters. The van der Waals surface area contributed by atoms with Crippen LogP contribution in [-0.2, 0) is 86.7 Å². The second-order valence-corrected chi connectivity index (χ2v) is 31.1. The van der Waals surface area contributed by atoms with Crippen molar-refractivity contribution < 1.29 is 67.6 Å². The first kappa shape index (κ1) is 80.4. The molecule has 10 N–H and O–H groups in total. The molecule has 30 nitrogen and oxygen atoms in total. The molecule has 2 fully saturated rings. The first-order chi connectivity index (χ1) is 52.9. The maximum atomic E-state index is 15.3. The van der Waals surface area contributed by atoms with Crippen LogP contribution in [0.4, 0.5) is 0 Å². The molecular weight excluding hydrogens is 1420 g/mol. The molecule has 0 spiro atoms. The summed E-state index contributed by atoms with van der Waals surface area (Å²) < 4.78 is 15.4. The van der Waals surface area contributed by atoms with E-state index >= 15 is 19.2 Å². The van der Waals surface area contributed by atoms with Crippen molar-refractivity contribution in [3.63, 3.8) is 0 Å². The lowest BCUT2D eigenvalue weighted by molar-refractivity contribution is -0.145.